The Balaban J connectivity index is 3.83. The van der Waals surface area contributed by atoms with Crippen LogP contribution in [0.4, 0.5) is 0 Å². The molecule has 0 aromatic rings. The lowest BCUT2D eigenvalue weighted by Crippen LogP contribution is -2.29. The van der Waals surface area contributed by atoms with Gasteiger partial charge in [-0.2, -0.15) is 0 Å². The van der Waals surface area contributed by atoms with Gasteiger partial charge in [0.2, 0.25) is 0 Å². The molecule has 0 fully saturated rings. The summed E-state index contributed by atoms with van der Waals surface area (Å²) in [6, 6.07) is 0. The molecule has 3 N–H and O–H groups in total. The van der Waals surface area contributed by atoms with Gasteiger partial charge in [0, 0.05) is 19.4 Å². The van der Waals surface area contributed by atoms with Crippen LogP contribution < -0.4 is 5.73 Å². The van der Waals surface area contributed by atoms with Gasteiger partial charge >= 0.3 is 19.8 Å². The highest BCUT2D eigenvalue weighted by atomic mass is 31.2. The number of phosphoric ester groups is 1. The van der Waals surface area contributed by atoms with Gasteiger partial charge in [-0.25, -0.2) is 4.57 Å². The normalized spacial score (nSPS) is 13.2. The summed E-state index contributed by atoms with van der Waals surface area (Å²) in [4.78, 5) is 35.0. The third-order valence-electron chi connectivity index (χ3n) is 11.9. The van der Waals surface area contributed by atoms with E-state index < -0.39 is 26.5 Å². The van der Waals surface area contributed by atoms with Crippen LogP contribution in [0.5, 0.6) is 0 Å². The predicted molar refractivity (Wildman–Crippen MR) is 261 cm³/mol. The quantitative estimate of drug-likeness (QED) is 0.0265. The van der Waals surface area contributed by atoms with E-state index in [0.29, 0.717) is 6.42 Å². The van der Waals surface area contributed by atoms with Crippen molar-refractivity contribution in [2.24, 2.45) is 5.73 Å². The van der Waals surface area contributed by atoms with Gasteiger partial charge in [0.05, 0.1) is 13.2 Å². The summed E-state index contributed by atoms with van der Waals surface area (Å²) in [6.45, 7) is 3.75. The monoisotopic (exact) mass is 900 g/mol. The zero-order valence-electron chi connectivity index (χ0n) is 40.9. The van der Waals surface area contributed by atoms with E-state index in [-0.39, 0.29) is 38.6 Å². The Morgan fingerprint density at radius 2 is 0.790 bits per heavy atom. The average molecular weight is 900 g/mol. The number of hydrogen-bond donors (Lipinski definition) is 2. The van der Waals surface area contributed by atoms with E-state index in [0.717, 1.165) is 57.8 Å². The fourth-order valence-corrected chi connectivity index (χ4v) is 8.69. The second-order valence-corrected chi connectivity index (χ2v) is 19.6. The molecule has 0 saturated carbocycles. The molecule has 2 unspecified atom stereocenters. The molecule has 2 atom stereocenters. The molecule has 0 radical (unpaired) electrons. The minimum Gasteiger partial charge on any atom is -0.462 e. The largest absolute Gasteiger partial charge is 0.472 e. The maximum Gasteiger partial charge on any atom is 0.472 e. The Morgan fingerprint density at radius 3 is 1.18 bits per heavy atom. The number of ether oxygens (including phenoxy) is 2. The van der Waals surface area contributed by atoms with E-state index in [4.69, 9.17) is 24.3 Å². The highest BCUT2D eigenvalue weighted by Gasteiger charge is 2.26. The van der Waals surface area contributed by atoms with Crippen LogP contribution in [0, 0.1) is 0 Å². The number of nitrogens with two attached hydrogens (primary N) is 1. The highest BCUT2D eigenvalue weighted by molar-refractivity contribution is 7.47. The molecule has 0 heterocycles. The summed E-state index contributed by atoms with van der Waals surface area (Å²) in [7, 11) is -4.38. The van der Waals surface area contributed by atoms with Gasteiger partial charge in [-0.1, -0.05) is 238 Å². The summed E-state index contributed by atoms with van der Waals surface area (Å²) >= 11 is 0. The molecule has 0 aliphatic carbocycles. The zero-order valence-corrected chi connectivity index (χ0v) is 41.8. The van der Waals surface area contributed by atoms with Crippen LogP contribution in [-0.2, 0) is 32.7 Å². The predicted octanol–water partition coefficient (Wildman–Crippen LogP) is 16.1. The van der Waals surface area contributed by atoms with Crippen molar-refractivity contribution in [2.75, 3.05) is 26.4 Å². The van der Waals surface area contributed by atoms with E-state index in [1.54, 1.807) is 0 Å². The number of carbonyl (C=O) groups is 2. The van der Waals surface area contributed by atoms with Crippen LogP contribution in [0.1, 0.15) is 277 Å². The van der Waals surface area contributed by atoms with Crippen molar-refractivity contribution in [1.82, 2.24) is 0 Å². The van der Waals surface area contributed by atoms with Gasteiger partial charge in [-0.3, -0.25) is 18.6 Å². The third-order valence-corrected chi connectivity index (χ3v) is 12.9. The van der Waals surface area contributed by atoms with Gasteiger partial charge in [-0.05, 0) is 38.5 Å². The molecule has 10 heteroatoms. The van der Waals surface area contributed by atoms with Gasteiger partial charge in [-0.15, -0.1) is 0 Å². The first-order valence-electron chi connectivity index (χ1n) is 26.7. The lowest BCUT2D eigenvalue weighted by molar-refractivity contribution is -0.161. The molecule has 62 heavy (non-hydrogen) atoms. The van der Waals surface area contributed by atoms with Crippen LogP contribution in [0.25, 0.3) is 0 Å². The Kier molecular flexibility index (Phi) is 48.2. The lowest BCUT2D eigenvalue weighted by atomic mass is 10.0. The van der Waals surface area contributed by atoms with E-state index in [1.807, 2.05) is 0 Å². The van der Waals surface area contributed by atoms with Crippen molar-refractivity contribution in [1.29, 1.82) is 0 Å². The first-order valence-corrected chi connectivity index (χ1v) is 28.2. The maximum absolute atomic E-state index is 12.6. The number of esters is 2. The Morgan fingerprint density at radius 1 is 0.468 bits per heavy atom. The van der Waals surface area contributed by atoms with Gasteiger partial charge in [0.15, 0.2) is 6.10 Å². The summed E-state index contributed by atoms with van der Waals surface area (Å²) in [5.41, 5.74) is 5.36. The van der Waals surface area contributed by atoms with Crippen molar-refractivity contribution in [3.05, 3.63) is 12.2 Å². The van der Waals surface area contributed by atoms with Gasteiger partial charge in [0.25, 0.3) is 0 Å². The summed E-state index contributed by atoms with van der Waals surface area (Å²) < 4.78 is 32.9. The van der Waals surface area contributed by atoms with Crippen LogP contribution >= 0.6 is 7.82 Å². The van der Waals surface area contributed by atoms with Gasteiger partial charge < -0.3 is 20.1 Å². The van der Waals surface area contributed by atoms with E-state index in [1.165, 1.54) is 186 Å². The average Bonchev–Trinajstić information content (AvgIpc) is 3.26. The Labute approximate surface area is 383 Å². The van der Waals surface area contributed by atoms with Crippen LogP contribution in [0.3, 0.4) is 0 Å². The van der Waals surface area contributed by atoms with E-state index in [9.17, 15) is 19.0 Å². The number of rotatable bonds is 51. The van der Waals surface area contributed by atoms with Gasteiger partial charge in [0.1, 0.15) is 6.61 Å². The number of hydrogen-bond acceptors (Lipinski definition) is 8. The van der Waals surface area contributed by atoms with Crippen molar-refractivity contribution in [3.8, 4) is 0 Å². The van der Waals surface area contributed by atoms with Crippen LogP contribution in [-0.4, -0.2) is 49.3 Å². The molecule has 0 aliphatic heterocycles. The molecule has 0 aliphatic rings. The van der Waals surface area contributed by atoms with Crippen molar-refractivity contribution >= 4 is 19.8 Å². The molecule has 0 spiro atoms. The number of allylic oxidation sites excluding steroid dienone is 2. The standard InChI is InChI=1S/C52H102NO8P/c1-3-5-7-9-11-13-15-17-18-19-20-21-22-23-24-25-26-27-28-29-30-31-32-33-35-36-38-40-42-44-51(54)58-48-50(49-60-62(56,57)59-47-46-53)61-52(55)45-43-41-39-37-34-16-14-12-10-8-6-4-2/h12,14,50H,3-11,13,15-49,53H2,1-2H3,(H,56,57)/b14-12-. The maximum atomic E-state index is 12.6. The second kappa shape index (κ2) is 49.2. The molecule has 0 amide bonds. The smallest absolute Gasteiger partial charge is 0.462 e. The van der Waals surface area contributed by atoms with Crippen LogP contribution in [0.15, 0.2) is 12.2 Å². The minimum atomic E-state index is -4.38. The molecule has 0 bridgehead atoms. The Hall–Kier alpha value is -1.25. The molecule has 0 saturated heterocycles. The fourth-order valence-electron chi connectivity index (χ4n) is 7.93. The SMILES string of the molecule is CCCCC/C=C\CCCCCCCC(=O)OC(COC(=O)CCCCCCCCCCCCCCCCCCCCCCCCCCCCCCC)COP(=O)(O)OCCN. The Bertz CT molecular complexity index is 1030. The number of phosphoric acid groups is 1. The molecule has 0 aromatic heterocycles. The number of unbranched alkanes of at least 4 members (excludes halogenated alkanes) is 36. The zero-order chi connectivity index (χ0) is 45.3. The number of carbonyl (C=O) groups excluding carboxylic acids is 2. The van der Waals surface area contributed by atoms with Crippen LogP contribution in [0.2, 0.25) is 0 Å². The molecular formula is C52H102NO8P. The van der Waals surface area contributed by atoms with E-state index in [2.05, 4.69) is 26.0 Å². The summed E-state index contributed by atoms with van der Waals surface area (Å²) in [6.07, 6.45) is 54.3. The van der Waals surface area contributed by atoms with Crippen molar-refractivity contribution in [3.63, 3.8) is 0 Å². The molecule has 368 valence electrons. The minimum absolute atomic E-state index is 0.0549. The fraction of sp³-hybridized carbons (Fsp3) is 0.923. The first-order chi connectivity index (χ1) is 30.3. The molecule has 0 rings (SSSR count). The third kappa shape index (κ3) is 48.2. The molecule has 0 aromatic carbocycles. The topological polar surface area (TPSA) is 134 Å². The first kappa shape index (κ1) is 60.8. The highest BCUT2D eigenvalue weighted by Crippen LogP contribution is 2.43. The lowest BCUT2D eigenvalue weighted by Gasteiger charge is -2.19. The van der Waals surface area contributed by atoms with Crippen molar-refractivity contribution in [2.45, 2.75) is 283 Å². The van der Waals surface area contributed by atoms with E-state index >= 15 is 0 Å². The van der Waals surface area contributed by atoms with Crippen molar-refractivity contribution < 1.29 is 37.6 Å². The summed E-state index contributed by atoms with van der Waals surface area (Å²) in [5, 5.41) is 0. The second-order valence-electron chi connectivity index (χ2n) is 18.1. The summed E-state index contributed by atoms with van der Waals surface area (Å²) in [5.74, 6) is -0.824. The molecular weight excluding hydrogens is 798 g/mol. The molecule has 9 nitrogen and oxygen atoms in total.